The Morgan fingerprint density at radius 2 is 1.71 bits per heavy atom. The molecule has 0 aromatic heterocycles. The standard InChI is InChI=1S/C16H15IN2OS/c1-11(12-7-3-2-4-8-12)18-16(21)19-15(20)13-9-5-6-10-14(13)17/h2-11H,1H3,(H2,18,19,20,21)/t11-/m1/s1. The summed E-state index contributed by atoms with van der Waals surface area (Å²) in [5, 5.41) is 6.16. The summed E-state index contributed by atoms with van der Waals surface area (Å²) in [7, 11) is 0. The number of carbonyl (C=O) groups is 1. The van der Waals surface area contributed by atoms with Gasteiger partial charge in [0.2, 0.25) is 0 Å². The molecule has 5 heteroatoms. The van der Waals surface area contributed by atoms with Crippen molar-refractivity contribution in [1.29, 1.82) is 0 Å². The molecule has 0 radical (unpaired) electrons. The van der Waals surface area contributed by atoms with Gasteiger partial charge in [0.1, 0.15) is 0 Å². The number of amides is 1. The van der Waals surface area contributed by atoms with Crippen LogP contribution in [0.3, 0.4) is 0 Å². The van der Waals surface area contributed by atoms with Crippen molar-refractivity contribution in [3.8, 4) is 0 Å². The molecular formula is C16H15IN2OS. The van der Waals surface area contributed by atoms with Crippen molar-refractivity contribution in [2.45, 2.75) is 13.0 Å². The lowest BCUT2D eigenvalue weighted by Crippen LogP contribution is -2.40. The monoisotopic (exact) mass is 410 g/mol. The van der Waals surface area contributed by atoms with E-state index >= 15 is 0 Å². The first kappa shape index (κ1) is 15.9. The van der Waals surface area contributed by atoms with E-state index in [1.165, 1.54) is 0 Å². The summed E-state index contributed by atoms with van der Waals surface area (Å²) in [6.07, 6.45) is 0. The third-order valence-corrected chi connectivity index (χ3v) is 4.15. The van der Waals surface area contributed by atoms with E-state index in [0.29, 0.717) is 10.7 Å². The Morgan fingerprint density at radius 1 is 1.10 bits per heavy atom. The third-order valence-electron chi connectivity index (χ3n) is 2.99. The fraction of sp³-hybridized carbons (Fsp3) is 0.125. The van der Waals surface area contributed by atoms with Crippen molar-refractivity contribution >= 4 is 45.8 Å². The van der Waals surface area contributed by atoms with E-state index < -0.39 is 0 Å². The van der Waals surface area contributed by atoms with Crippen molar-refractivity contribution in [2.75, 3.05) is 0 Å². The number of rotatable bonds is 3. The van der Waals surface area contributed by atoms with E-state index in [1.54, 1.807) is 6.07 Å². The highest BCUT2D eigenvalue weighted by Crippen LogP contribution is 2.12. The van der Waals surface area contributed by atoms with Gasteiger partial charge >= 0.3 is 0 Å². The van der Waals surface area contributed by atoms with Crippen LogP contribution >= 0.6 is 34.8 Å². The topological polar surface area (TPSA) is 41.1 Å². The third kappa shape index (κ3) is 4.50. The molecule has 0 unspecified atom stereocenters. The number of nitrogens with one attached hydrogen (secondary N) is 2. The molecule has 21 heavy (non-hydrogen) atoms. The van der Waals surface area contributed by atoms with E-state index in [9.17, 15) is 4.79 Å². The van der Waals surface area contributed by atoms with Gasteiger partial charge in [-0.3, -0.25) is 10.1 Å². The first-order valence-corrected chi connectivity index (χ1v) is 7.98. The lowest BCUT2D eigenvalue weighted by atomic mass is 10.1. The number of hydrogen-bond acceptors (Lipinski definition) is 2. The van der Waals surface area contributed by atoms with Gasteiger partial charge in [0.05, 0.1) is 11.6 Å². The number of benzene rings is 2. The van der Waals surface area contributed by atoms with Gasteiger partial charge in [-0.15, -0.1) is 0 Å². The second kappa shape index (κ2) is 7.51. The van der Waals surface area contributed by atoms with Crippen LogP contribution in [-0.2, 0) is 0 Å². The fourth-order valence-electron chi connectivity index (χ4n) is 1.87. The summed E-state index contributed by atoms with van der Waals surface area (Å²) in [6.45, 7) is 2.00. The average Bonchev–Trinajstić information content (AvgIpc) is 2.48. The lowest BCUT2D eigenvalue weighted by molar-refractivity contribution is 0.0975. The molecule has 2 N–H and O–H groups in total. The maximum absolute atomic E-state index is 12.2. The summed E-state index contributed by atoms with van der Waals surface area (Å²) < 4.78 is 0.895. The summed E-state index contributed by atoms with van der Waals surface area (Å²) in [4.78, 5) is 12.2. The van der Waals surface area contributed by atoms with Crippen molar-refractivity contribution < 1.29 is 4.79 Å². The summed E-state index contributed by atoms with van der Waals surface area (Å²) >= 11 is 7.34. The van der Waals surface area contributed by atoms with Gasteiger partial charge in [0, 0.05) is 3.57 Å². The second-order valence-electron chi connectivity index (χ2n) is 4.54. The first-order chi connectivity index (χ1) is 10.1. The average molecular weight is 410 g/mol. The zero-order valence-electron chi connectivity index (χ0n) is 11.5. The van der Waals surface area contributed by atoms with Crippen LogP contribution in [0, 0.1) is 3.57 Å². The van der Waals surface area contributed by atoms with Gasteiger partial charge < -0.3 is 5.32 Å². The molecule has 3 nitrogen and oxygen atoms in total. The quantitative estimate of drug-likeness (QED) is 0.600. The maximum Gasteiger partial charge on any atom is 0.258 e. The molecule has 0 spiro atoms. The lowest BCUT2D eigenvalue weighted by Gasteiger charge is -2.17. The van der Waals surface area contributed by atoms with Gasteiger partial charge in [-0.1, -0.05) is 42.5 Å². The molecule has 0 fully saturated rings. The molecule has 2 rings (SSSR count). The predicted octanol–water partition coefficient (Wildman–Crippen LogP) is 3.66. The molecular weight excluding hydrogens is 395 g/mol. The Balaban J connectivity index is 1.96. The molecule has 0 heterocycles. The van der Waals surface area contributed by atoms with Gasteiger partial charge in [-0.05, 0) is 59.4 Å². The Labute approximate surface area is 143 Å². The summed E-state index contributed by atoms with van der Waals surface area (Å²) in [5.41, 5.74) is 1.73. The van der Waals surface area contributed by atoms with Gasteiger partial charge in [-0.25, -0.2) is 0 Å². The zero-order valence-corrected chi connectivity index (χ0v) is 14.4. The highest BCUT2D eigenvalue weighted by Gasteiger charge is 2.12. The normalized spacial score (nSPS) is 11.5. The Bertz CT molecular complexity index is 646. The second-order valence-corrected chi connectivity index (χ2v) is 6.11. The van der Waals surface area contributed by atoms with Gasteiger partial charge in [-0.2, -0.15) is 0 Å². The van der Waals surface area contributed by atoms with Crippen LogP contribution in [0.1, 0.15) is 28.9 Å². The molecule has 1 amide bonds. The molecule has 0 aliphatic rings. The molecule has 1 atom stereocenters. The van der Waals surface area contributed by atoms with Gasteiger partial charge in [0.15, 0.2) is 5.11 Å². The van der Waals surface area contributed by atoms with Crippen LogP contribution in [0.4, 0.5) is 0 Å². The highest BCUT2D eigenvalue weighted by atomic mass is 127. The minimum absolute atomic E-state index is 0.0360. The van der Waals surface area contributed by atoms with Crippen molar-refractivity contribution in [2.24, 2.45) is 0 Å². The zero-order chi connectivity index (χ0) is 15.2. The maximum atomic E-state index is 12.2. The van der Waals surface area contributed by atoms with Crippen molar-refractivity contribution in [3.05, 3.63) is 69.3 Å². The highest BCUT2D eigenvalue weighted by molar-refractivity contribution is 14.1. The molecule has 0 saturated carbocycles. The Hall–Kier alpha value is -1.47. The van der Waals surface area contributed by atoms with E-state index in [4.69, 9.17) is 12.2 Å². The van der Waals surface area contributed by atoms with E-state index in [0.717, 1.165) is 9.13 Å². The van der Waals surface area contributed by atoms with Crippen LogP contribution < -0.4 is 10.6 Å². The van der Waals surface area contributed by atoms with Crippen molar-refractivity contribution in [3.63, 3.8) is 0 Å². The Morgan fingerprint density at radius 3 is 2.38 bits per heavy atom. The van der Waals surface area contributed by atoms with E-state index in [-0.39, 0.29) is 11.9 Å². The van der Waals surface area contributed by atoms with Crippen LogP contribution in [0.2, 0.25) is 0 Å². The number of carbonyl (C=O) groups excluding carboxylic acids is 1. The SMILES string of the molecule is C[C@@H](NC(=S)NC(=O)c1ccccc1I)c1ccccc1. The summed E-state index contributed by atoms with van der Waals surface area (Å²) in [5.74, 6) is -0.197. The number of thiocarbonyl (C=S) groups is 1. The van der Waals surface area contributed by atoms with Crippen molar-refractivity contribution in [1.82, 2.24) is 10.6 Å². The fourth-order valence-corrected chi connectivity index (χ4v) is 2.78. The minimum atomic E-state index is -0.197. The Kier molecular flexibility index (Phi) is 5.69. The van der Waals surface area contributed by atoms with Crippen LogP contribution in [0.15, 0.2) is 54.6 Å². The van der Waals surface area contributed by atoms with Gasteiger partial charge in [0.25, 0.3) is 5.91 Å². The molecule has 0 aliphatic heterocycles. The summed E-state index contributed by atoms with van der Waals surface area (Å²) in [6, 6.07) is 17.4. The predicted molar refractivity (Wildman–Crippen MR) is 97.2 cm³/mol. The molecule has 0 bridgehead atoms. The molecule has 0 saturated heterocycles. The van der Waals surface area contributed by atoms with E-state index in [2.05, 4.69) is 33.2 Å². The largest absolute Gasteiger partial charge is 0.356 e. The molecule has 108 valence electrons. The number of halogens is 1. The molecule has 0 aliphatic carbocycles. The molecule has 2 aromatic carbocycles. The molecule has 2 aromatic rings. The van der Waals surface area contributed by atoms with E-state index in [1.807, 2.05) is 55.5 Å². The van der Waals surface area contributed by atoms with Crippen LogP contribution in [0.25, 0.3) is 0 Å². The smallest absolute Gasteiger partial charge is 0.258 e. The van der Waals surface area contributed by atoms with Crippen LogP contribution in [-0.4, -0.2) is 11.0 Å². The first-order valence-electron chi connectivity index (χ1n) is 6.49. The van der Waals surface area contributed by atoms with Crippen LogP contribution in [0.5, 0.6) is 0 Å². The minimum Gasteiger partial charge on any atom is -0.356 e. The number of hydrogen-bond donors (Lipinski definition) is 2.